The fraction of sp³-hybridized carbons (Fsp3) is 0.364. The third kappa shape index (κ3) is 3.28. The van der Waals surface area contributed by atoms with Gasteiger partial charge in [0, 0.05) is 5.56 Å². The molecule has 0 saturated carbocycles. The van der Waals surface area contributed by atoms with Crippen LogP contribution in [0, 0.1) is 0 Å². The molecule has 0 radical (unpaired) electrons. The predicted octanol–water partition coefficient (Wildman–Crippen LogP) is 0.904. The summed E-state index contributed by atoms with van der Waals surface area (Å²) in [5.41, 5.74) is -1.66. The highest BCUT2D eigenvalue weighted by Crippen LogP contribution is 2.32. The molecule has 0 aliphatic heterocycles. The van der Waals surface area contributed by atoms with Gasteiger partial charge in [0.2, 0.25) is 0 Å². The molecule has 1 rings (SSSR count). The van der Waals surface area contributed by atoms with Crippen LogP contribution in [0.15, 0.2) is 18.2 Å². The summed E-state index contributed by atoms with van der Waals surface area (Å²) in [4.78, 5) is 10.5. The number of alkyl halides is 3. The minimum Gasteiger partial charge on any atom is -0.394 e. The van der Waals surface area contributed by atoms with Crippen molar-refractivity contribution in [1.29, 1.82) is 0 Å². The topological polar surface area (TPSA) is 77.8 Å². The molecule has 0 aromatic heterocycles. The first kappa shape index (κ1) is 14.6. The zero-order chi connectivity index (χ0) is 13.9. The number of aliphatic hydroxyl groups is 3. The summed E-state index contributed by atoms with van der Waals surface area (Å²) in [5.74, 6) is 0. The molecule has 0 aliphatic rings. The molecule has 0 amide bonds. The van der Waals surface area contributed by atoms with Crippen LogP contribution in [0.2, 0.25) is 0 Å². The number of aliphatic hydroxyl groups excluding tert-OH is 3. The van der Waals surface area contributed by atoms with E-state index in [1.54, 1.807) is 0 Å². The van der Waals surface area contributed by atoms with Crippen molar-refractivity contribution in [3.63, 3.8) is 0 Å². The van der Waals surface area contributed by atoms with E-state index in [4.69, 9.17) is 10.2 Å². The van der Waals surface area contributed by atoms with Gasteiger partial charge in [-0.25, -0.2) is 0 Å². The third-order valence-corrected chi connectivity index (χ3v) is 2.33. The van der Waals surface area contributed by atoms with Crippen LogP contribution < -0.4 is 0 Å². The smallest absolute Gasteiger partial charge is 0.394 e. The zero-order valence-electron chi connectivity index (χ0n) is 9.05. The SMILES string of the molecule is O=Cc1cc(C(O)C(O)CO)cc(C(F)(F)F)c1. The molecule has 0 saturated heterocycles. The normalized spacial score (nSPS) is 15.2. The second-order valence-electron chi connectivity index (χ2n) is 3.70. The van der Waals surface area contributed by atoms with E-state index in [1.807, 2.05) is 0 Å². The molecule has 4 nitrogen and oxygen atoms in total. The summed E-state index contributed by atoms with van der Waals surface area (Å²) in [7, 11) is 0. The van der Waals surface area contributed by atoms with Gasteiger partial charge in [-0.2, -0.15) is 13.2 Å². The summed E-state index contributed by atoms with van der Waals surface area (Å²) in [5, 5.41) is 27.3. The quantitative estimate of drug-likeness (QED) is 0.706. The fourth-order valence-electron chi connectivity index (χ4n) is 1.40. The van der Waals surface area contributed by atoms with Gasteiger partial charge in [0.15, 0.2) is 0 Å². The number of carbonyl (C=O) groups excluding carboxylic acids is 1. The number of benzene rings is 1. The Hall–Kier alpha value is -1.44. The Morgan fingerprint density at radius 3 is 2.28 bits per heavy atom. The van der Waals surface area contributed by atoms with E-state index in [2.05, 4.69) is 0 Å². The maximum Gasteiger partial charge on any atom is 0.416 e. The molecular weight excluding hydrogens is 253 g/mol. The summed E-state index contributed by atoms with van der Waals surface area (Å²) >= 11 is 0. The lowest BCUT2D eigenvalue weighted by Crippen LogP contribution is -2.22. The van der Waals surface area contributed by atoms with Gasteiger partial charge in [0.25, 0.3) is 0 Å². The van der Waals surface area contributed by atoms with Crippen molar-refractivity contribution in [2.45, 2.75) is 18.4 Å². The Balaban J connectivity index is 3.24. The molecule has 18 heavy (non-hydrogen) atoms. The summed E-state index contributed by atoms with van der Waals surface area (Å²) in [6.45, 7) is -0.812. The second-order valence-corrected chi connectivity index (χ2v) is 3.70. The molecule has 0 fully saturated rings. The first-order valence-electron chi connectivity index (χ1n) is 4.94. The fourth-order valence-corrected chi connectivity index (χ4v) is 1.40. The average molecular weight is 264 g/mol. The summed E-state index contributed by atoms with van der Waals surface area (Å²) < 4.78 is 37.6. The van der Waals surface area contributed by atoms with Gasteiger partial charge < -0.3 is 15.3 Å². The Kier molecular flexibility index (Phi) is 4.44. The molecule has 0 spiro atoms. The molecular formula is C11H11F3O4. The van der Waals surface area contributed by atoms with Gasteiger partial charge >= 0.3 is 6.18 Å². The monoisotopic (exact) mass is 264 g/mol. The highest BCUT2D eigenvalue weighted by molar-refractivity contribution is 5.75. The van der Waals surface area contributed by atoms with Gasteiger partial charge in [0.1, 0.15) is 18.5 Å². The molecule has 7 heteroatoms. The number of hydrogen-bond donors (Lipinski definition) is 3. The lowest BCUT2D eigenvalue weighted by molar-refractivity contribution is -0.137. The van der Waals surface area contributed by atoms with Crippen molar-refractivity contribution in [2.75, 3.05) is 6.61 Å². The molecule has 0 heterocycles. The van der Waals surface area contributed by atoms with Crippen molar-refractivity contribution in [3.05, 3.63) is 34.9 Å². The van der Waals surface area contributed by atoms with Crippen LogP contribution in [-0.4, -0.2) is 34.3 Å². The molecule has 0 bridgehead atoms. The first-order valence-corrected chi connectivity index (χ1v) is 4.94. The number of hydrogen-bond acceptors (Lipinski definition) is 4. The molecule has 1 aromatic rings. The van der Waals surface area contributed by atoms with E-state index in [0.29, 0.717) is 12.1 Å². The Morgan fingerprint density at radius 2 is 1.83 bits per heavy atom. The number of aldehydes is 1. The van der Waals surface area contributed by atoms with Crippen LogP contribution in [0.4, 0.5) is 13.2 Å². The lowest BCUT2D eigenvalue weighted by atomic mass is 9.99. The van der Waals surface area contributed by atoms with Crippen molar-refractivity contribution < 1.29 is 33.3 Å². The number of halogens is 3. The van der Waals surface area contributed by atoms with E-state index >= 15 is 0 Å². The molecule has 2 unspecified atom stereocenters. The van der Waals surface area contributed by atoms with E-state index in [9.17, 15) is 23.1 Å². The van der Waals surface area contributed by atoms with Crippen molar-refractivity contribution in [1.82, 2.24) is 0 Å². The first-order chi connectivity index (χ1) is 8.29. The van der Waals surface area contributed by atoms with Crippen molar-refractivity contribution in [2.24, 2.45) is 0 Å². The second kappa shape index (κ2) is 5.47. The van der Waals surface area contributed by atoms with Gasteiger partial charge in [-0.1, -0.05) is 0 Å². The Labute approximate surface area is 100 Å². The largest absolute Gasteiger partial charge is 0.416 e. The highest BCUT2D eigenvalue weighted by atomic mass is 19.4. The van der Waals surface area contributed by atoms with Gasteiger partial charge in [-0.05, 0) is 23.8 Å². The molecule has 1 aromatic carbocycles. The number of carbonyl (C=O) groups is 1. The Morgan fingerprint density at radius 1 is 1.22 bits per heavy atom. The maximum absolute atomic E-state index is 12.5. The van der Waals surface area contributed by atoms with Gasteiger partial charge in [-0.15, -0.1) is 0 Å². The summed E-state index contributed by atoms with van der Waals surface area (Å²) in [6.07, 6.45) is -7.78. The van der Waals surface area contributed by atoms with E-state index in [-0.39, 0.29) is 17.4 Å². The highest BCUT2D eigenvalue weighted by Gasteiger charge is 2.32. The van der Waals surface area contributed by atoms with Crippen LogP contribution in [0.5, 0.6) is 0 Å². The zero-order valence-corrected chi connectivity index (χ0v) is 9.05. The average Bonchev–Trinajstić information content (AvgIpc) is 2.35. The van der Waals surface area contributed by atoms with E-state index in [1.165, 1.54) is 0 Å². The minimum absolute atomic E-state index is 0.205. The van der Waals surface area contributed by atoms with Crippen LogP contribution in [0.3, 0.4) is 0 Å². The van der Waals surface area contributed by atoms with Gasteiger partial charge in [-0.3, -0.25) is 4.79 Å². The van der Waals surface area contributed by atoms with Crippen molar-refractivity contribution in [3.8, 4) is 0 Å². The lowest BCUT2D eigenvalue weighted by Gasteiger charge is -2.18. The van der Waals surface area contributed by atoms with Crippen molar-refractivity contribution >= 4 is 6.29 Å². The van der Waals surface area contributed by atoms with Gasteiger partial charge in [0.05, 0.1) is 12.2 Å². The molecule has 100 valence electrons. The number of rotatable bonds is 4. The summed E-state index contributed by atoms with van der Waals surface area (Å²) in [6, 6.07) is 2.27. The third-order valence-electron chi connectivity index (χ3n) is 2.33. The van der Waals surface area contributed by atoms with Crippen LogP contribution in [0.25, 0.3) is 0 Å². The molecule has 3 N–H and O–H groups in total. The van der Waals surface area contributed by atoms with E-state index in [0.717, 1.165) is 6.07 Å². The maximum atomic E-state index is 12.5. The predicted molar refractivity (Wildman–Crippen MR) is 54.9 cm³/mol. The van der Waals surface area contributed by atoms with Crippen LogP contribution in [-0.2, 0) is 6.18 Å². The molecule has 0 aliphatic carbocycles. The van der Waals surface area contributed by atoms with Crippen LogP contribution in [0.1, 0.15) is 27.6 Å². The minimum atomic E-state index is -4.67. The molecule has 2 atom stereocenters. The Bertz CT molecular complexity index is 431. The van der Waals surface area contributed by atoms with Crippen LogP contribution >= 0.6 is 0 Å². The standard InChI is InChI=1S/C11H11F3O4/c12-11(13,14)8-2-6(4-15)1-7(3-8)10(18)9(17)5-16/h1-4,9-10,16-18H,5H2. The van der Waals surface area contributed by atoms with E-state index < -0.39 is 30.6 Å².